The topological polar surface area (TPSA) is 69.0 Å². The van der Waals surface area contributed by atoms with Gasteiger partial charge in [-0.2, -0.15) is 17.0 Å². The number of fused-ring (bicyclic) bond motifs is 1. The summed E-state index contributed by atoms with van der Waals surface area (Å²) in [7, 11) is 0. The molecule has 5 nitrogen and oxygen atoms in total. The number of halogens is 1. The molecule has 0 saturated carbocycles. The summed E-state index contributed by atoms with van der Waals surface area (Å²) < 4.78 is 14.7. The number of nitriles is 1. The van der Waals surface area contributed by atoms with Crippen molar-refractivity contribution in [3.63, 3.8) is 0 Å². The SMILES string of the molecule is CC(C)C(=O)N1CC(F)(CNc2nc3c(cc2C#N)CSCC3)C1. The number of rotatable bonds is 4. The number of amides is 1. The van der Waals surface area contributed by atoms with Gasteiger partial charge < -0.3 is 10.2 Å². The number of hydrogen-bond acceptors (Lipinski definition) is 5. The third-order valence-corrected chi connectivity index (χ3v) is 5.39. The Morgan fingerprint density at radius 2 is 2.33 bits per heavy atom. The molecule has 0 unspecified atom stereocenters. The third kappa shape index (κ3) is 3.34. The van der Waals surface area contributed by atoms with Gasteiger partial charge in [0.05, 0.1) is 25.2 Å². The van der Waals surface area contributed by atoms with Crippen LogP contribution < -0.4 is 5.32 Å². The second kappa shape index (κ2) is 6.60. The van der Waals surface area contributed by atoms with Crippen LogP contribution >= 0.6 is 11.8 Å². The maximum atomic E-state index is 14.7. The van der Waals surface area contributed by atoms with Crippen LogP contribution in [0, 0.1) is 17.2 Å². The summed E-state index contributed by atoms with van der Waals surface area (Å²) in [5, 5.41) is 12.3. The standard InChI is InChI=1S/C17H21FN4OS/c1-11(2)16(23)22-9-17(18,10-22)8-20-15-12(6-19)5-13-7-24-4-3-14(13)21-15/h5,11H,3-4,7-10H2,1-2H3,(H,20,21). The van der Waals surface area contributed by atoms with Gasteiger partial charge in [0.2, 0.25) is 5.91 Å². The highest BCUT2D eigenvalue weighted by atomic mass is 32.2. The largest absolute Gasteiger partial charge is 0.366 e. The minimum absolute atomic E-state index is 0.0228. The summed E-state index contributed by atoms with van der Waals surface area (Å²) >= 11 is 1.83. The highest BCUT2D eigenvalue weighted by Gasteiger charge is 2.46. The molecule has 2 aliphatic rings. The van der Waals surface area contributed by atoms with E-state index in [-0.39, 0.29) is 31.5 Å². The molecule has 24 heavy (non-hydrogen) atoms. The molecular formula is C17H21FN4OS. The van der Waals surface area contributed by atoms with Crippen molar-refractivity contribution < 1.29 is 9.18 Å². The van der Waals surface area contributed by atoms with Gasteiger partial charge in [0.15, 0.2) is 5.67 Å². The van der Waals surface area contributed by atoms with Crippen LogP contribution in [0.1, 0.15) is 30.7 Å². The number of nitrogens with one attached hydrogen (secondary N) is 1. The van der Waals surface area contributed by atoms with Crippen molar-refractivity contribution in [2.45, 2.75) is 31.7 Å². The number of anilines is 1. The molecule has 1 aromatic rings. The van der Waals surface area contributed by atoms with E-state index in [0.29, 0.717) is 11.4 Å². The number of carbonyl (C=O) groups excluding carboxylic acids is 1. The fourth-order valence-electron chi connectivity index (χ4n) is 3.02. The molecule has 3 heterocycles. The first-order chi connectivity index (χ1) is 11.4. The number of aryl methyl sites for hydroxylation is 1. The lowest BCUT2D eigenvalue weighted by atomic mass is 9.94. The zero-order valence-corrected chi connectivity index (χ0v) is 14.7. The van der Waals surface area contributed by atoms with E-state index in [1.807, 2.05) is 31.7 Å². The molecule has 0 aliphatic carbocycles. The van der Waals surface area contributed by atoms with E-state index in [9.17, 15) is 14.4 Å². The Balaban J connectivity index is 1.65. The summed E-state index contributed by atoms with van der Waals surface area (Å²) in [6, 6.07) is 4.00. The normalized spacial score (nSPS) is 18.5. The molecule has 128 valence electrons. The van der Waals surface area contributed by atoms with Crippen molar-refractivity contribution in [2.75, 3.05) is 30.7 Å². The Bertz CT molecular complexity index is 695. The summed E-state index contributed by atoms with van der Waals surface area (Å²) in [5.41, 5.74) is 1.09. The van der Waals surface area contributed by atoms with Crippen molar-refractivity contribution in [3.05, 3.63) is 22.9 Å². The van der Waals surface area contributed by atoms with Crippen molar-refractivity contribution in [1.29, 1.82) is 5.26 Å². The number of carbonyl (C=O) groups is 1. The van der Waals surface area contributed by atoms with Gasteiger partial charge in [-0.25, -0.2) is 9.37 Å². The summed E-state index contributed by atoms with van der Waals surface area (Å²) in [6.07, 6.45) is 0.873. The molecule has 2 aliphatic heterocycles. The molecule has 7 heteroatoms. The first-order valence-corrected chi connectivity index (χ1v) is 9.29. The molecule has 3 rings (SSSR count). The quantitative estimate of drug-likeness (QED) is 0.905. The molecule has 1 amide bonds. The lowest BCUT2D eigenvalue weighted by Gasteiger charge is -2.45. The van der Waals surface area contributed by atoms with Gasteiger partial charge in [-0.15, -0.1) is 0 Å². The molecule has 0 radical (unpaired) electrons. The minimum Gasteiger partial charge on any atom is -0.366 e. The fraction of sp³-hybridized carbons (Fsp3) is 0.588. The van der Waals surface area contributed by atoms with Crippen LogP contribution in [-0.2, 0) is 17.0 Å². The van der Waals surface area contributed by atoms with E-state index >= 15 is 0 Å². The Hall–Kier alpha value is -1.81. The first kappa shape index (κ1) is 17.0. The van der Waals surface area contributed by atoms with Crippen molar-refractivity contribution in [1.82, 2.24) is 9.88 Å². The highest BCUT2D eigenvalue weighted by Crippen LogP contribution is 2.30. The number of thioether (sulfide) groups is 1. The molecule has 1 aromatic heterocycles. The van der Waals surface area contributed by atoms with E-state index in [1.54, 1.807) is 0 Å². The van der Waals surface area contributed by atoms with Crippen LogP contribution in [0.25, 0.3) is 0 Å². The van der Waals surface area contributed by atoms with Gasteiger partial charge in [-0.1, -0.05) is 13.8 Å². The van der Waals surface area contributed by atoms with Gasteiger partial charge >= 0.3 is 0 Å². The molecular weight excluding hydrogens is 327 g/mol. The number of aromatic nitrogens is 1. The van der Waals surface area contributed by atoms with Crippen LogP contribution in [-0.4, -0.2) is 46.8 Å². The minimum atomic E-state index is -1.45. The lowest BCUT2D eigenvalue weighted by Crippen LogP contribution is -2.64. The highest BCUT2D eigenvalue weighted by molar-refractivity contribution is 7.98. The zero-order valence-electron chi connectivity index (χ0n) is 13.9. The van der Waals surface area contributed by atoms with Gasteiger partial charge in [-0.3, -0.25) is 4.79 Å². The van der Waals surface area contributed by atoms with Crippen LogP contribution in [0.2, 0.25) is 0 Å². The average Bonchev–Trinajstić information content (AvgIpc) is 2.55. The monoisotopic (exact) mass is 348 g/mol. The second-order valence-corrected chi connectivity index (χ2v) is 7.86. The molecule has 1 saturated heterocycles. The van der Waals surface area contributed by atoms with Crippen LogP contribution in [0.5, 0.6) is 0 Å². The van der Waals surface area contributed by atoms with Gasteiger partial charge in [0, 0.05) is 17.4 Å². The number of hydrogen-bond donors (Lipinski definition) is 1. The molecule has 0 spiro atoms. The Kier molecular flexibility index (Phi) is 4.68. The smallest absolute Gasteiger partial charge is 0.225 e. The Morgan fingerprint density at radius 1 is 1.58 bits per heavy atom. The summed E-state index contributed by atoms with van der Waals surface area (Å²) in [6.45, 7) is 3.88. The van der Waals surface area contributed by atoms with Gasteiger partial charge in [-0.05, 0) is 23.8 Å². The number of alkyl halides is 1. The molecule has 0 bridgehead atoms. The van der Waals surface area contributed by atoms with E-state index in [4.69, 9.17) is 0 Å². The van der Waals surface area contributed by atoms with E-state index < -0.39 is 5.67 Å². The second-order valence-electron chi connectivity index (χ2n) is 6.76. The number of pyridine rings is 1. The maximum Gasteiger partial charge on any atom is 0.225 e. The first-order valence-electron chi connectivity index (χ1n) is 8.14. The van der Waals surface area contributed by atoms with Crippen molar-refractivity contribution in [3.8, 4) is 6.07 Å². The number of likely N-dealkylation sites (tertiary alicyclic amines) is 1. The average molecular weight is 348 g/mol. The number of nitrogens with zero attached hydrogens (tertiary/aromatic N) is 3. The van der Waals surface area contributed by atoms with Gasteiger partial charge in [0.25, 0.3) is 0 Å². The predicted molar refractivity (Wildman–Crippen MR) is 92.6 cm³/mol. The lowest BCUT2D eigenvalue weighted by molar-refractivity contribution is -0.147. The Morgan fingerprint density at radius 3 is 3.00 bits per heavy atom. The van der Waals surface area contributed by atoms with E-state index in [2.05, 4.69) is 16.4 Å². The Labute approximate surface area is 145 Å². The van der Waals surface area contributed by atoms with Crippen LogP contribution in [0.3, 0.4) is 0 Å². The van der Waals surface area contributed by atoms with Gasteiger partial charge in [0.1, 0.15) is 11.9 Å². The van der Waals surface area contributed by atoms with E-state index in [0.717, 1.165) is 29.2 Å². The molecule has 0 aromatic carbocycles. The summed E-state index contributed by atoms with van der Waals surface area (Å²) in [5.74, 6) is 2.20. The predicted octanol–water partition coefficient (Wildman–Crippen LogP) is 2.36. The zero-order chi connectivity index (χ0) is 17.3. The third-order valence-electron chi connectivity index (χ3n) is 4.38. The van der Waals surface area contributed by atoms with Crippen molar-refractivity contribution in [2.24, 2.45) is 5.92 Å². The molecule has 0 atom stereocenters. The molecule has 1 N–H and O–H groups in total. The van der Waals surface area contributed by atoms with E-state index in [1.165, 1.54) is 4.90 Å². The van der Waals surface area contributed by atoms with Crippen LogP contribution in [0.15, 0.2) is 6.07 Å². The molecule has 1 fully saturated rings. The fourth-order valence-corrected chi connectivity index (χ4v) is 3.97. The summed E-state index contributed by atoms with van der Waals surface area (Å²) in [4.78, 5) is 17.9. The van der Waals surface area contributed by atoms with Crippen LogP contribution in [0.4, 0.5) is 10.2 Å². The maximum absolute atomic E-state index is 14.7. The van der Waals surface area contributed by atoms with Crippen molar-refractivity contribution >= 4 is 23.5 Å².